The van der Waals surface area contributed by atoms with Crippen LogP contribution in [0.15, 0.2) is 0 Å². The number of hydrogen-bond donors (Lipinski definition) is 0. The van der Waals surface area contributed by atoms with Gasteiger partial charge in [-0.1, -0.05) is 11.3 Å². The number of amides is 1. The predicted molar refractivity (Wildman–Crippen MR) is 50.4 cm³/mol. The zero-order chi connectivity index (χ0) is 9.68. The van der Waals surface area contributed by atoms with Crippen molar-refractivity contribution < 1.29 is 4.79 Å². The Kier molecular flexibility index (Phi) is 3.82. The summed E-state index contributed by atoms with van der Waals surface area (Å²) in [7, 11) is 0. The number of carbonyl (C=O) groups is 1. The lowest BCUT2D eigenvalue weighted by atomic mass is 10.3. The second kappa shape index (κ2) is 4.91. The van der Waals surface area contributed by atoms with E-state index >= 15 is 0 Å². The summed E-state index contributed by atoms with van der Waals surface area (Å²) in [6, 6.07) is 0. The monoisotopic (exact) mass is 198 g/mol. The molecule has 0 spiro atoms. The summed E-state index contributed by atoms with van der Waals surface area (Å²) >= 11 is 1.29. The van der Waals surface area contributed by atoms with E-state index in [0.29, 0.717) is 6.42 Å². The summed E-state index contributed by atoms with van der Waals surface area (Å²) in [5.41, 5.74) is 2.62. The lowest BCUT2D eigenvalue weighted by molar-refractivity contribution is -0.130. The third kappa shape index (κ3) is 2.77. The largest absolute Gasteiger partial charge is 0.343 e. The Morgan fingerprint density at radius 2 is 2.23 bits per heavy atom. The molecule has 0 aliphatic rings. The van der Waals surface area contributed by atoms with Crippen LogP contribution in [-0.2, 0) is 11.2 Å². The third-order valence-corrected chi connectivity index (χ3v) is 2.42. The molecule has 0 saturated heterocycles. The molecule has 0 unspecified atom stereocenters. The van der Waals surface area contributed by atoms with Crippen molar-refractivity contribution in [2.45, 2.75) is 20.3 Å². The Morgan fingerprint density at radius 3 is 2.69 bits per heavy atom. The van der Waals surface area contributed by atoms with Crippen LogP contribution in [0.4, 0.5) is 0 Å². The van der Waals surface area contributed by atoms with Gasteiger partial charge in [-0.05, 0) is 13.8 Å². The maximum absolute atomic E-state index is 11.5. The van der Waals surface area contributed by atoms with E-state index in [1.165, 1.54) is 11.3 Å². The molecule has 1 heterocycles. The maximum Gasteiger partial charge on any atom is 0.229 e. The van der Waals surface area contributed by atoms with E-state index in [1.54, 1.807) is 4.90 Å². The van der Waals surface area contributed by atoms with Crippen LogP contribution in [0, 0.1) is 5.51 Å². The molecule has 1 aromatic heterocycles. The molecule has 1 amide bonds. The zero-order valence-electron chi connectivity index (χ0n) is 7.78. The maximum atomic E-state index is 11.5. The van der Waals surface area contributed by atoms with Crippen LogP contribution >= 0.6 is 11.3 Å². The molecule has 0 aliphatic carbocycles. The minimum atomic E-state index is 0.107. The van der Waals surface area contributed by atoms with Gasteiger partial charge >= 0.3 is 0 Å². The summed E-state index contributed by atoms with van der Waals surface area (Å²) in [5.74, 6) is 0.107. The van der Waals surface area contributed by atoms with Crippen LogP contribution in [-0.4, -0.2) is 34.1 Å². The smallest absolute Gasteiger partial charge is 0.229 e. The molecule has 5 heteroatoms. The molecule has 0 aliphatic heterocycles. The fourth-order valence-electron chi connectivity index (χ4n) is 1.06. The van der Waals surface area contributed by atoms with Crippen molar-refractivity contribution in [3.63, 3.8) is 0 Å². The molecular formula is C8H12N3OS. The molecule has 4 nitrogen and oxygen atoms in total. The summed E-state index contributed by atoms with van der Waals surface area (Å²) < 4.78 is 0. The average molecular weight is 198 g/mol. The van der Waals surface area contributed by atoms with Crippen molar-refractivity contribution in [3.05, 3.63) is 10.5 Å². The van der Waals surface area contributed by atoms with E-state index in [-0.39, 0.29) is 5.91 Å². The van der Waals surface area contributed by atoms with Gasteiger partial charge in [0.05, 0.1) is 6.42 Å². The van der Waals surface area contributed by atoms with Crippen molar-refractivity contribution in [2.24, 2.45) is 0 Å². The van der Waals surface area contributed by atoms with Crippen LogP contribution in [0.25, 0.3) is 0 Å². The van der Waals surface area contributed by atoms with Gasteiger partial charge in [-0.25, -0.2) is 0 Å². The van der Waals surface area contributed by atoms with E-state index in [1.807, 2.05) is 13.8 Å². The third-order valence-electron chi connectivity index (χ3n) is 1.78. The number of carbonyl (C=O) groups excluding carboxylic acids is 1. The highest BCUT2D eigenvalue weighted by molar-refractivity contribution is 7.08. The Labute approximate surface area is 81.6 Å². The van der Waals surface area contributed by atoms with Crippen molar-refractivity contribution >= 4 is 17.2 Å². The number of rotatable bonds is 4. The van der Waals surface area contributed by atoms with Gasteiger partial charge in [0.25, 0.3) is 0 Å². The molecule has 0 fully saturated rings. The van der Waals surface area contributed by atoms with Crippen molar-refractivity contribution in [1.29, 1.82) is 0 Å². The molecule has 13 heavy (non-hydrogen) atoms. The average Bonchev–Trinajstić information content (AvgIpc) is 2.59. The van der Waals surface area contributed by atoms with Gasteiger partial charge in [0, 0.05) is 13.1 Å². The highest BCUT2D eigenvalue weighted by Crippen LogP contribution is 2.03. The molecule has 0 N–H and O–H groups in total. The molecule has 0 atom stereocenters. The fraction of sp³-hybridized carbons (Fsp3) is 0.625. The molecule has 1 aromatic rings. The lowest BCUT2D eigenvalue weighted by Crippen LogP contribution is -2.31. The highest BCUT2D eigenvalue weighted by atomic mass is 32.1. The zero-order valence-corrected chi connectivity index (χ0v) is 8.60. The van der Waals surface area contributed by atoms with Crippen molar-refractivity contribution in [1.82, 2.24) is 15.1 Å². The van der Waals surface area contributed by atoms with E-state index < -0.39 is 0 Å². The van der Waals surface area contributed by atoms with Gasteiger partial charge in [-0.2, -0.15) is 0 Å². The first-order chi connectivity index (χ1) is 6.27. The predicted octanol–water partition coefficient (Wildman–Crippen LogP) is 0.749. The fourth-order valence-corrected chi connectivity index (χ4v) is 1.52. The van der Waals surface area contributed by atoms with Crippen LogP contribution in [0.5, 0.6) is 0 Å². The Hall–Kier alpha value is -0.970. The van der Waals surface area contributed by atoms with E-state index in [9.17, 15) is 4.79 Å². The molecule has 1 rings (SSSR count). The minimum Gasteiger partial charge on any atom is -0.343 e. The standard InChI is InChI=1S/C8H12N3OS/c1-3-11(4-2)8(12)5-7-10-9-6-13-7/h3-5H2,1-2H3. The Bertz CT molecular complexity index is 256. The minimum absolute atomic E-state index is 0.107. The number of likely N-dealkylation sites (N-methyl/N-ethyl adjacent to an activating group) is 1. The van der Waals surface area contributed by atoms with E-state index in [4.69, 9.17) is 0 Å². The lowest BCUT2D eigenvalue weighted by Gasteiger charge is -2.17. The van der Waals surface area contributed by atoms with Gasteiger partial charge in [-0.3, -0.25) is 4.79 Å². The van der Waals surface area contributed by atoms with Crippen molar-refractivity contribution in [2.75, 3.05) is 13.1 Å². The first-order valence-corrected chi connectivity index (χ1v) is 5.05. The molecule has 71 valence electrons. The second-order valence-electron chi connectivity index (χ2n) is 2.53. The quantitative estimate of drug-likeness (QED) is 0.717. The molecule has 0 saturated carbocycles. The summed E-state index contributed by atoms with van der Waals surface area (Å²) in [6.07, 6.45) is 0.350. The summed E-state index contributed by atoms with van der Waals surface area (Å²) in [4.78, 5) is 13.3. The molecular weight excluding hydrogens is 186 g/mol. The highest BCUT2D eigenvalue weighted by Gasteiger charge is 2.11. The molecule has 0 bridgehead atoms. The molecule has 1 radical (unpaired) electrons. The topological polar surface area (TPSA) is 46.1 Å². The summed E-state index contributed by atoms with van der Waals surface area (Å²) in [6.45, 7) is 5.43. The summed E-state index contributed by atoms with van der Waals surface area (Å²) in [5, 5.41) is 8.06. The van der Waals surface area contributed by atoms with E-state index in [2.05, 4.69) is 15.7 Å². The first-order valence-electron chi connectivity index (χ1n) is 4.24. The Balaban J connectivity index is 2.49. The van der Waals surface area contributed by atoms with Crippen LogP contribution in [0.3, 0.4) is 0 Å². The normalized spacial score (nSPS) is 10.0. The molecule has 0 aromatic carbocycles. The van der Waals surface area contributed by atoms with Gasteiger partial charge in [0.1, 0.15) is 5.01 Å². The number of nitrogens with zero attached hydrogens (tertiary/aromatic N) is 3. The van der Waals surface area contributed by atoms with Crippen LogP contribution < -0.4 is 0 Å². The number of hydrogen-bond acceptors (Lipinski definition) is 4. The second-order valence-corrected chi connectivity index (χ2v) is 3.39. The van der Waals surface area contributed by atoms with Gasteiger partial charge in [-0.15, -0.1) is 10.2 Å². The van der Waals surface area contributed by atoms with Crippen LogP contribution in [0.2, 0.25) is 0 Å². The Morgan fingerprint density at radius 1 is 1.54 bits per heavy atom. The van der Waals surface area contributed by atoms with Gasteiger partial charge < -0.3 is 4.90 Å². The number of aromatic nitrogens is 2. The van der Waals surface area contributed by atoms with E-state index in [0.717, 1.165) is 18.1 Å². The first kappa shape index (κ1) is 10.1. The van der Waals surface area contributed by atoms with Gasteiger partial charge in [0.2, 0.25) is 5.91 Å². The van der Waals surface area contributed by atoms with Crippen molar-refractivity contribution in [3.8, 4) is 0 Å². The van der Waals surface area contributed by atoms with Crippen LogP contribution in [0.1, 0.15) is 18.9 Å². The van der Waals surface area contributed by atoms with Gasteiger partial charge in [0.15, 0.2) is 5.51 Å². The SMILES string of the molecule is CCN(CC)C(=O)Cc1nn[c]s1.